The van der Waals surface area contributed by atoms with Crippen molar-refractivity contribution in [1.82, 2.24) is 19.9 Å². The molecule has 0 N–H and O–H groups in total. The molecule has 0 aliphatic heterocycles. The van der Waals surface area contributed by atoms with Crippen LogP contribution in [0.1, 0.15) is 0 Å². The van der Waals surface area contributed by atoms with E-state index in [4.69, 9.17) is 4.42 Å². The number of furan rings is 1. The predicted molar refractivity (Wildman–Crippen MR) is 145 cm³/mol. The molecule has 185 valence electrons. The van der Waals surface area contributed by atoms with Gasteiger partial charge in [0.1, 0.15) is 11.9 Å². The Bertz CT molecular complexity index is 1630. The molecule has 5 nitrogen and oxygen atoms in total. The van der Waals surface area contributed by atoms with Crippen LogP contribution in [-0.2, 0) is 20.1 Å². The third kappa shape index (κ3) is 5.14. The molecule has 0 saturated carbocycles. The van der Waals surface area contributed by atoms with E-state index in [2.05, 4.69) is 62.4 Å². The van der Waals surface area contributed by atoms with Crippen molar-refractivity contribution in [3.63, 3.8) is 0 Å². The molecular formula is C32H20IrN4O-2. The summed E-state index contributed by atoms with van der Waals surface area (Å²) in [5, 5.41) is 2.16. The second-order valence-electron chi connectivity index (χ2n) is 8.21. The quantitative estimate of drug-likeness (QED) is 0.183. The summed E-state index contributed by atoms with van der Waals surface area (Å²) in [5.74, 6) is 0. The zero-order chi connectivity index (χ0) is 24.9. The molecule has 7 rings (SSSR count). The first kappa shape index (κ1) is 25.2. The van der Waals surface area contributed by atoms with E-state index in [1.54, 1.807) is 24.8 Å². The maximum absolute atomic E-state index is 6.32. The van der Waals surface area contributed by atoms with Crippen LogP contribution in [0.15, 0.2) is 127 Å². The molecule has 0 amide bonds. The Morgan fingerprint density at radius 3 is 2.24 bits per heavy atom. The van der Waals surface area contributed by atoms with E-state index in [-0.39, 0.29) is 20.1 Å². The smallest absolute Gasteiger partial charge is 0.128 e. The van der Waals surface area contributed by atoms with Gasteiger partial charge in [0.2, 0.25) is 0 Å². The van der Waals surface area contributed by atoms with Crippen LogP contribution in [0.4, 0.5) is 0 Å². The van der Waals surface area contributed by atoms with Crippen LogP contribution < -0.4 is 0 Å². The van der Waals surface area contributed by atoms with Crippen LogP contribution in [0.5, 0.6) is 0 Å². The van der Waals surface area contributed by atoms with Gasteiger partial charge in [-0.15, -0.1) is 54.1 Å². The molecule has 0 unspecified atom stereocenters. The van der Waals surface area contributed by atoms with E-state index in [1.165, 1.54) is 6.33 Å². The van der Waals surface area contributed by atoms with Gasteiger partial charge in [-0.1, -0.05) is 65.5 Å². The van der Waals surface area contributed by atoms with Gasteiger partial charge in [-0.05, 0) is 11.3 Å². The third-order valence-electron chi connectivity index (χ3n) is 5.93. The van der Waals surface area contributed by atoms with Crippen molar-refractivity contribution in [3.8, 4) is 33.6 Å². The molecule has 3 heterocycles. The SMILES string of the molecule is [Ir].[c-]1ccc2c(oc3c(-c4ccccc4)cccc32)c1-c1cnccn1.[c-]1ccccc1-c1ccncn1. The summed E-state index contributed by atoms with van der Waals surface area (Å²) >= 11 is 0. The number of para-hydroxylation sites is 1. The van der Waals surface area contributed by atoms with Crippen LogP contribution in [0.2, 0.25) is 0 Å². The molecule has 38 heavy (non-hydrogen) atoms. The van der Waals surface area contributed by atoms with Gasteiger partial charge in [0, 0.05) is 61.5 Å². The van der Waals surface area contributed by atoms with Gasteiger partial charge in [0.25, 0.3) is 0 Å². The molecule has 0 fully saturated rings. The van der Waals surface area contributed by atoms with Crippen molar-refractivity contribution in [2.24, 2.45) is 0 Å². The normalized spacial score (nSPS) is 10.4. The fraction of sp³-hybridized carbons (Fsp3) is 0. The van der Waals surface area contributed by atoms with Gasteiger partial charge in [-0.25, -0.2) is 4.98 Å². The fourth-order valence-corrected chi connectivity index (χ4v) is 4.23. The number of rotatable bonds is 3. The minimum atomic E-state index is 0. The predicted octanol–water partition coefficient (Wildman–Crippen LogP) is 7.45. The molecule has 0 aliphatic carbocycles. The van der Waals surface area contributed by atoms with Gasteiger partial charge in [0.15, 0.2) is 0 Å². The Morgan fingerprint density at radius 1 is 0.605 bits per heavy atom. The molecule has 0 aliphatic rings. The van der Waals surface area contributed by atoms with Crippen molar-refractivity contribution in [3.05, 3.63) is 134 Å². The first-order valence-electron chi connectivity index (χ1n) is 11.8. The van der Waals surface area contributed by atoms with E-state index in [9.17, 15) is 0 Å². The second-order valence-corrected chi connectivity index (χ2v) is 8.21. The van der Waals surface area contributed by atoms with E-state index < -0.39 is 0 Å². The molecule has 4 aromatic carbocycles. The van der Waals surface area contributed by atoms with E-state index in [0.29, 0.717) is 0 Å². The average Bonchev–Trinajstić information content (AvgIpc) is 3.38. The summed E-state index contributed by atoms with van der Waals surface area (Å²) in [6.45, 7) is 0. The number of hydrogen-bond donors (Lipinski definition) is 0. The molecule has 1 radical (unpaired) electrons. The second kappa shape index (κ2) is 11.7. The number of hydrogen-bond acceptors (Lipinski definition) is 5. The summed E-state index contributed by atoms with van der Waals surface area (Å²) in [4.78, 5) is 16.5. The summed E-state index contributed by atoms with van der Waals surface area (Å²) in [6.07, 6.45) is 8.34. The first-order chi connectivity index (χ1) is 18.4. The zero-order valence-corrected chi connectivity index (χ0v) is 22.5. The van der Waals surface area contributed by atoms with Gasteiger partial charge >= 0.3 is 0 Å². The molecule has 0 saturated heterocycles. The van der Waals surface area contributed by atoms with Crippen molar-refractivity contribution < 1.29 is 24.5 Å². The van der Waals surface area contributed by atoms with Gasteiger partial charge in [0.05, 0.1) is 5.58 Å². The topological polar surface area (TPSA) is 64.7 Å². The maximum Gasteiger partial charge on any atom is 0.128 e. The number of aromatic nitrogens is 4. The Labute approximate surface area is 233 Å². The minimum absolute atomic E-state index is 0. The Kier molecular flexibility index (Phi) is 7.74. The summed E-state index contributed by atoms with van der Waals surface area (Å²) < 4.78 is 6.32. The molecule has 0 bridgehead atoms. The Balaban J connectivity index is 0.000000191. The average molecular weight is 669 g/mol. The van der Waals surface area contributed by atoms with Crippen LogP contribution in [-0.4, -0.2) is 19.9 Å². The Morgan fingerprint density at radius 2 is 1.47 bits per heavy atom. The molecule has 7 aromatic rings. The standard InChI is InChI=1S/C22H13N2O.C10H7N2.Ir/c1-2-6-15(7-3-1)16-8-4-9-17-18-10-5-11-19(22(18)25-21(16)17)20-14-23-12-13-24-20;1-2-4-9(5-3-1)10-6-7-11-8-12-10;/h1-10,12-14H;1-4,6-8H;/q2*-1;. The van der Waals surface area contributed by atoms with E-state index in [1.807, 2.05) is 60.7 Å². The van der Waals surface area contributed by atoms with Crippen LogP contribution in [0, 0.1) is 12.1 Å². The number of fused-ring (bicyclic) bond motifs is 3. The van der Waals surface area contributed by atoms with Gasteiger partial charge in [-0.3, -0.25) is 9.97 Å². The summed E-state index contributed by atoms with van der Waals surface area (Å²) in [5.41, 5.74) is 7.39. The fourth-order valence-electron chi connectivity index (χ4n) is 4.23. The van der Waals surface area contributed by atoms with Crippen molar-refractivity contribution >= 4 is 21.9 Å². The molecule has 0 spiro atoms. The van der Waals surface area contributed by atoms with Gasteiger partial charge in [-0.2, -0.15) is 0 Å². The van der Waals surface area contributed by atoms with Crippen molar-refractivity contribution in [2.45, 2.75) is 0 Å². The molecular weight excluding hydrogens is 649 g/mol. The first-order valence-corrected chi connectivity index (χ1v) is 11.8. The summed E-state index contributed by atoms with van der Waals surface area (Å²) in [7, 11) is 0. The zero-order valence-electron chi connectivity index (χ0n) is 20.1. The van der Waals surface area contributed by atoms with Crippen LogP contribution in [0.25, 0.3) is 55.6 Å². The Hall–Kier alpha value is -4.51. The summed E-state index contributed by atoms with van der Waals surface area (Å²) in [6, 6.07) is 36.4. The molecule has 3 aromatic heterocycles. The molecule has 0 atom stereocenters. The minimum Gasteiger partial charge on any atom is -0.500 e. The number of nitrogens with zero attached hydrogens (tertiary/aromatic N) is 4. The monoisotopic (exact) mass is 669 g/mol. The van der Waals surface area contributed by atoms with Crippen LogP contribution >= 0.6 is 0 Å². The van der Waals surface area contributed by atoms with Gasteiger partial charge < -0.3 is 9.40 Å². The van der Waals surface area contributed by atoms with Crippen LogP contribution in [0.3, 0.4) is 0 Å². The van der Waals surface area contributed by atoms with E-state index >= 15 is 0 Å². The number of benzene rings is 4. The largest absolute Gasteiger partial charge is 0.500 e. The maximum atomic E-state index is 6.32. The van der Waals surface area contributed by atoms with Crippen molar-refractivity contribution in [1.29, 1.82) is 0 Å². The molecule has 6 heteroatoms. The van der Waals surface area contributed by atoms with Crippen molar-refractivity contribution in [2.75, 3.05) is 0 Å². The third-order valence-corrected chi connectivity index (χ3v) is 5.93. The van der Waals surface area contributed by atoms with E-state index in [0.717, 1.165) is 55.6 Å².